The molecule has 9 heteroatoms. The SMILES string of the molecule is CCOc1cc2c(cc1CNC(=O)c1ccc(Cl)c(S(=O)(=O)N(C)C)c1)O[C@H](C)C2. The first-order chi connectivity index (χ1) is 14.1. The van der Waals surface area contributed by atoms with Crippen molar-refractivity contribution in [2.45, 2.75) is 37.8 Å². The van der Waals surface area contributed by atoms with E-state index in [1.807, 2.05) is 26.0 Å². The molecule has 1 N–H and O–H groups in total. The topological polar surface area (TPSA) is 84.9 Å². The van der Waals surface area contributed by atoms with Gasteiger partial charge in [-0.3, -0.25) is 4.79 Å². The molecule has 1 heterocycles. The van der Waals surface area contributed by atoms with Crippen LogP contribution in [0, 0.1) is 0 Å². The molecule has 2 aromatic carbocycles. The van der Waals surface area contributed by atoms with Gasteiger partial charge in [0.1, 0.15) is 22.5 Å². The molecule has 0 saturated carbocycles. The first-order valence-corrected chi connectivity index (χ1v) is 11.4. The lowest BCUT2D eigenvalue weighted by molar-refractivity contribution is 0.0950. The smallest absolute Gasteiger partial charge is 0.251 e. The molecule has 1 aliphatic rings. The van der Waals surface area contributed by atoms with Crippen molar-refractivity contribution in [3.05, 3.63) is 52.0 Å². The number of nitrogens with zero attached hydrogens (tertiary/aromatic N) is 1. The monoisotopic (exact) mass is 452 g/mol. The van der Waals surface area contributed by atoms with Gasteiger partial charge in [-0.05, 0) is 44.2 Å². The lowest BCUT2D eigenvalue weighted by atomic mass is 10.1. The van der Waals surface area contributed by atoms with Crippen LogP contribution in [-0.4, -0.2) is 45.4 Å². The second-order valence-electron chi connectivity index (χ2n) is 7.25. The summed E-state index contributed by atoms with van der Waals surface area (Å²) in [7, 11) is -0.958. The highest BCUT2D eigenvalue weighted by atomic mass is 35.5. The van der Waals surface area contributed by atoms with Crippen molar-refractivity contribution in [3.8, 4) is 11.5 Å². The Morgan fingerprint density at radius 3 is 2.70 bits per heavy atom. The second kappa shape index (κ2) is 8.83. The van der Waals surface area contributed by atoms with Gasteiger partial charge >= 0.3 is 0 Å². The van der Waals surface area contributed by atoms with E-state index in [9.17, 15) is 13.2 Å². The number of hydrogen-bond donors (Lipinski definition) is 1. The van der Waals surface area contributed by atoms with Gasteiger partial charge in [-0.25, -0.2) is 12.7 Å². The number of nitrogens with one attached hydrogen (secondary N) is 1. The maximum absolute atomic E-state index is 12.7. The largest absolute Gasteiger partial charge is 0.494 e. The van der Waals surface area contributed by atoms with E-state index in [-0.39, 0.29) is 28.1 Å². The average molecular weight is 453 g/mol. The summed E-state index contributed by atoms with van der Waals surface area (Å²) in [6, 6.07) is 8.01. The summed E-state index contributed by atoms with van der Waals surface area (Å²) in [5.41, 5.74) is 2.06. The summed E-state index contributed by atoms with van der Waals surface area (Å²) in [5, 5.41) is 2.88. The molecule has 0 radical (unpaired) electrons. The third-order valence-electron chi connectivity index (χ3n) is 4.77. The number of halogens is 1. The first kappa shape index (κ1) is 22.4. The van der Waals surface area contributed by atoms with Crippen LogP contribution in [0.1, 0.15) is 35.3 Å². The van der Waals surface area contributed by atoms with Gasteiger partial charge in [-0.2, -0.15) is 0 Å². The molecule has 7 nitrogen and oxygen atoms in total. The molecule has 0 unspecified atom stereocenters. The zero-order chi connectivity index (χ0) is 22.1. The minimum absolute atomic E-state index is 0.0590. The Kier molecular flexibility index (Phi) is 6.59. The summed E-state index contributed by atoms with van der Waals surface area (Å²) in [4.78, 5) is 12.6. The Morgan fingerprint density at radius 2 is 2.03 bits per heavy atom. The van der Waals surface area contributed by atoms with E-state index in [0.29, 0.717) is 12.4 Å². The van der Waals surface area contributed by atoms with Gasteiger partial charge in [-0.1, -0.05) is 11.6 Å². The minimum Gasteiger partial charge on any atom is -0.494 e. The van der Waals surface area contributed by atoms with Crippen LogP contribution in [0.2, 0.25) is 5.02 Å². The molecule has 0 bridgehead atoms. The van der Waals surface area contributed by atoms with Crippen LogP contribution < -0.4 is 14.8 Å². The van der Waals surface area contributed by atoms with Gasteiger partial charge < -0.3 is 14.8 Å². The quantitative estimate of drug-likeness (QED) is 0.697. The zero-order valence-corrected chi connectivity index (χ0v) is 18.9. The molecule has 0 fully saturated rings. The minimum atomic E-state index is -3.77. The molecule has 1 atom stereocenters. The number of fused-ring (bicyclic) bond motifs is 1. The van der Waals surface area contributed by atoms with Crippen molar-refractivity contribution in [1.29, 1.82) is 0 Å². The van der Waals surface area contributed by atoms with Crippen molar-refractivity contribution >= 4 is 27.5 Å². The van der Waals surface area contributed by atoms with E-state index in [2.05, 4.69) is 5.32 Å². The van der Waals surface area contributed by atoms with Crippen molar-refractivity contribution in [3.63, 3.8) is 0 Å². The van der Waals surface area contributed by atoms with Crippen molar-refractivity contribution in [2.24, 2.45) is 0 Å². The van der Waals surface area contributed by atoms with Gasteiger partial charge in [0.2, 0.25) is 10.0 Å². The second-order valence-corrected chi connectivity index (χ2v) is 9.78. The van der Waals surface area contributed by atoms with E-state index in [1.54, 1.807) is 0 Å². The maximum atomic E-state index is 12.7. The first-order valence-electron chi connectivity index (χ1n) is 9.59. The lowest BCUT2D eigenvalue weighted by Gasteiger charge is -2.15. The van der Waals surface area contributed by atoms with E-state index >= 15 is 0 Å². The Morgan fingerprint density at radius 1 is 1.30 bits per heavy atom. The molecule has 0 spiro atoms. The zero-order valence-electron chi connectivity index (χ0n) is 17.4. The Balaban J connectivity index is 1.82. The van der Waals surface area contributed by atoms with Gasteiger partial charge in [0, 0.05) is 43.8 Å². The molecule has 1 aliphatic heterocycles. The van der Waals surface area contributed by atoms with Gasteiger partial charge in [0.05, 0.1) is 11.6 Å². The number of ether oxygens (including phenoxy) is 2. The molecule has 162 valence electrons. The normalized spacial score (nSPS) is 15.6. The number of amides is 1. The summed E-state index contributed by atoms with van der Waals surface area (Å²) >= 11 is 6.06. The third kappa shape index (κ3) is 4.55. The molecular formula is C21H25ClN2O5S. The van der Waals surface area contributed by atoms with Crippen LogP contribution in [0.5, 0.6) is 11.5 Å². The molecule has 0 saturated heterocycles. The van der Waals surface area contributed by atoms with Crippen LogP contribution in [0.15, 0.2) is 35.2 Å². The van der Waals surface area contributed by atoms with Crippen molar-refractivity contribution in [1.82, 2.24) is 9.62 Å². The van der Waals surface area contributed by atoms with Crippen LogP contribution >= 0.6 is 11.6 Å². The highest BCUT2D eigenvalue weighted by Gasteiger charge is 2.24. The summed E-state index contributed by atoms with van der Waals surface area (Å²) < 4.78 is 37.5. The molecule has 3 rings (SSSR count). The van der Waals surface area contributed by atoms with Gasteiger partial charge in [-0.15, -0.1) is 0 Å². The molecular weight excluding hydrogens is 428 g/mol. The molecule has 0 aliphatic carbocycles. The van der Waals surface area contributed by atoms with Crippen LogP contribution in [0.3, 0.4) is 0 Å². The fraction of sp³-hybridized carbons (Fsp3) is 0.381. The standard InChI is InChI=1S/C21H25ClN2O5S/c1-5-28-18-9-15-8-13(2)29-19(15)10-16(18)12-23-21(25)14-6-7-17(22)20(11-14)30(26,27)24(3)4/h6-7,9-11,13H,5,8,12H2,1-4H3,(H,23,25)/t13-/m1/s1. The maximum Gasteiger partial charge on any atom is 0.251 e. The van der Waals surface area contributed by atoms with E-state index in [4.69, 9.17) is 21.1 Å². The summed E-state index contributed by atoms with van der Waals surface area (Å²) in [5.74, 6) is 1.07. The number of hydrogen-bond acceptors (Lipinski definition) is 5. The highest BCUT2D eigenvalue weighted by Crippen LogP contribution is 2.35. The number of carbonyl (C=O) groups is 1. The fourth-order valence-electron chi connectivity index (χ4n) is 3.23. The van der Waals surface area contributed by atoms with Crippen LogP contribution in [-0.2, 0) is 23.0 Å². The summed E-state index contributed by atoms with van der Waals surface area (Å²) in [6.07, 6.45) is 0.918. The predicted molar refractivity (Wildman–Crippen MR) is 115 cm³/mol. The van der Waals surface area contributed by atoms with E-state index in [1.165, 1.54) is 32.3 Å². The molecule has 30 heavy (non-hydrogen) atoms. The Bertz CT molecular complexity index is 1070. The molecule has 1 amide bonds. The van der Waals surface area contributed by atoms with Crippen molar-refractivity contribution < 1.29 is 22.7 Å². The number of carbonyl (C=O) groups excluding carboxylic acids is 1. The van der Waals surface area contributed by atoms with E-state index < -0.39 is 15.9 Å². The number of sulfonamides is 1. The Hall–Kier alpha value is -2.29. The third-order valence-corrected chi connectivity index (χ3v) is 7.07. The fourth-order valence-corrected chi connectivity index (χ4v) is 4.62. The lowest BCUT2D eigenvalue weighted by Crippen LogP contribution is -2.25. The van der Waals surface area contributed by atoms with Gasteiger partial charge in [0.25, 0.3) is 5.91 Å². The van der Waals surface area contributed by atoms with Crippen LogP contribution in [0.25, 0.3) is 0 Å². The molecule has 2 aromatic rings. The highest BCUT2D eigenvalue weighted by molar-refractivity contribution is 7.89. The van der Waals surface area contributed by atoms with Gasteiger partial charge in [0.15, 0.2) is 0 Å². The number of rotatable bonds is 7. The Labute approximate surface area is 182 Å². The number of benzene rings is 2. The average Bonchev–Trinajstić information content (AvgIpc) is 3.05. The van der Waals surface area contributed by atoms with Crippen molar-refractivity contribution in [2.75, 3.05) is 20.7 Å². The predicted octanol–water partition coefficient (Wildman–Crippen LogP) is 3.24. The van der Waals surface area contributed by atoms with E-state index in [0.717, 1.165) is 27.6 Å². The van der Waals surface area contributed by atoms with Crippen LogP contribution in [0.4, 0.5) is 0 Å². The molecule has 0 aromatic heterocycles. The summed E-state index contributed by atoms with van der Waals surface area (Å²) in [6.45, 7) is 4.60.